The number of nitrogens with one attached hydrogen (secondary N) is 3. The summed E-state index contributed by atoms with van der Waals surface area (Å²) < 4.78 is 9.95. The molecule has 3 aromatic heterocycles. The Kier molecular flexibility index (Phi) is 10.2. The summed E-state index contributed by atoms with van der Waals surface area (Å²) >= 11 is 1.38. The van der Waals surface area contributed by atoms with Crippen LogP contribution in [0.5, 0.6) is 0 Å². The Labute approximate surface area is 218 Å². The predicted octanol–water partition coefficient (Wildman–Crippen LogP) is 2.86. The molecule has 37 heavy (non-hydrogen) atoms. The van der Waals surface area contributed by atoms with Crippen molar-refractivity contribution in [2.45, 2.75) is 64.8 Å². The molecular formula is C25H33N5O6S. The highest BCUT2D eigenvalue weighted by Crippen LogP contribution is 2.20. The Morgan fingerprint density at radius 3 is 2.59 bits per heavy atom. The Balaban J connectivity index is 1.45. The number of ether oxygens (including phenoxy) is 2. The molecular weight excluding hydrogens is 498 g/mol. The molecule has 0 spiro atoms. The number of nitrogens with two attached hydrogens (primary N) is 1. The number of aryl methyl sites for hydroxylation is 2. The number of unbranched alkanes of at least 4 members (excludes halogenated alkanes) is 2. The minimum Gasteiger partial charge on any atom is -0.466 e. The molecule has 200 valence electrons. The number of fused-ring (bicyclic) bond motifs is 1. The molecule has 0 saturated carbocycles. The number of carbonyl (C=O) groups is 3. The molecule has 0 aliphatic rings. The molecule has 12 heteroatoms. The van der Waals surface area contributed by atoms with E-state index in [0.717, 1.165) is 42.7 Å². The number of thiophene rings is 1. The number of anilines is 1. The Hall–Kier alpha value is -3.67. The first-order valence-electron chi connectivity index (χ1n) is 12.4. The highest BCUT2D eigenvalue weighted by atomic mass is 32.1. The van der Waals surface area contributed by atoms with Crippen LogP contribution in [0.3, 0.4) is 0 Å². The van der Waals surface area contributed by atoms with Gasteiger partial charge in [-0.2, -0.15) is 4.98 Å². The number of aromatic nitrogens is 3. The van der Waals surface area contributed by atoms with Crippen LogP contribution in [-0.4, -0.2) is 52.1 Å². The third kappa shape index (κ3) is 8.17. The van der Waals surface area contributed by atoms with E-state index in [1.165, 1.54) is 11.3 Å². The van der Waals surface area contributed by atoms with Gasteiger partial charge in [0.2, 0.25) is 5.95 Å². The van der Waals surface area contributed by atoms with Crippen molar-refractivity contribution in [2.24, 2.45) is 0 Å². The number of nitrogen functional groups attached to an aromatic ring is 1. The monoisotopic (exact) mass is 531 g/mol. The molecule has 0 fully saturated rings. The van der Waals surface area contributed by atoms with Crippen LogP contribution in [0, 0.1) is 0 Å². The van der Waals surface area contributed by atoms with Crippen molar-refractivity contribution in [1.82, 2.24) is 20.3 Å². The Morgan fingerprint density at radius 2 is 1.84 bits per heavy atom. The topological polar surface area (TPSA) is 169 Å². The summed E-state index contributed by atoms with van der Waals surface area (Å²) in [6.07, 6.45) is 4.57. The van der Waals surface area contributed by atoms with Gasteiger partial charge in [-0.15, -0.1) is 11.3 Å². The molecule has 1 amide bonds. The largest absolute Gasteiger partial charge is 0.466 e. The van der Waals surface area contributed by atoms with Crippen LogP contribution in [0.1, 0.15) is 66.2 Å². The number of hydrogen-bond acceptors (Lipinski definition) is 9. The predicted molar refractivity (Wildman–Crippen MR) is 140 cm³/mol. The third-order valence-electron chi connectivity index (χ3n) is 5.64. The van der Waals surface area contributed by atoms with Gasteiger partial charge in [0.1, 0.15) is 11.7 Å². The van der Waals surface area contributed by atoms with Crippen LogP contribution in [0.2, 0.25) is 0 Å². The highest BCUT2D eigenvalue weighted by Gasteiger charge is 2.24. The lowest BCUT2D eigenvalue weighted by Gasteiger charge is -2.16. The van der Waals surface area contributed by atoms with E-state index in [4.69, 9.17) is 15.2 Å². The van der Waals surface area contributed by atoms with Crippen molar-refractivity contribution in [3.8, 4) is 0 Å². The molecule has 1 atom stereocenters. The van der Waals surface area contributed by atoms with Gasteiger partial charge in [0.25, 0.3) is 11.5 Å². The van der Waals surface area contributed by atoms with E-state index in [1.807, 2.05) is 6.07 Å². The Morgan fingerprint density at radius 1 is 1.08 bits per heavy atom. The summed E-state index contributed by atoms with van der Waals surface area (Å²) in [5, 5.41) is 3.19. The van der Waals surface area contributed by atoms with E-state index in [-0.39, 0.29) is 43.5 Å². The van der Waals surface area contributed by atoms with Crippen molar-refractivity contribution in [3.63, 3.8) is 0 Å². The number of aromatic amines is 2. The summed E-state index contributed by atoms with van der Waals surface area (Å²) in [5.74, 6) is -1.29. The molecule has 0 aliphatic carbocycles. The first-order valence-corrected chi connectivity index (χ1v) is 13.2. The third-order valence-corrected chi connectivity index (χ3v) is 6.79. The fourth-order valence-electron chi connectivity index (χ4n) is 3.87. The van der Waals surface area contributed by atoms with Gasteiger partial charge < -0.3 is 25.5 Å². The summed E-state index contributed by atoms with van der Waals surface area (Å²) in [7, 11) is 0. The van der Waals surface area contributed by atoms with Gasteiger partial charge in [-0.1, -0.05) is 6.42 Å². The van der Waals surface area contributed by atoms with Crippen molar-refractivity contribution in [2.75, 3.05) is 18.9 Å². The fraction of sp³-hybridized carbons (Fsp3) is 0.480. The summed E-state index contributed by atoms with van der Waals surface area (Å²) in [6, 6.07) is 4.54. The lowest BCUT2D eigenvalue weighted by Crippen LogP contribution is -2.42. The van der Waals surface area contributed by atoms with E-state index < -0.39 is 18.0 Å². The molecule has 0 bridgehead atoms. The normalized spacial score (nSPS) is 11.8. The van der Waals surface area contributed by atoms with Crippen molar-refractivity contribution >= 4 is 46.2 Å². The van der Waals surface area contributed by atoms with Crippen LogP contribution < -0.4 is 16.6 Å². The zero-order chi connectivity index (χ0) is 26.8. The minimum atomic E-state index is -0.922. The van der Waals surface area contributed by atoms with Gasteiger partial charge in [-0.25, -0.2) is 4.79 Å². The number of amides is 1. The van der Waals surface area contributed by atoms with Crippen LogP contribution in [0.25, 0.3) is 11.0 Å². The first-order chi connectivity index (χ1) is 17.8. The van der Waals surface area contributed by atoms with Gasteiger partial charge in [-0.3, -0.25) is 19.4 Å². The zero-order valence-corrected chi connectivity index (χ0v) is 21.9. The van der Waals surface area contributed by atoms with E-state index >= 15 is 0 Å². The van der Waals surface area contributed by atoms with Gasteiger partial charge in [0.05, 0.1) is 23.5 Å². The lowest BCUT2D eigenvalue weighted by atomic mass is 10.1. The van der Waals surface area contributed by atoms with E-state index in [2.05, 4.69) is 20.3 Å². The molecule has 0 radical (unpaired) electrons. The number of hydrogen-bond donors (Lipinski definition) is 4. The quantitative estimate of drug-likeness (QED) is 0.182. The molecule has 3 aromatic rings. The molecule has 0 saturated heterocycles. The molecule has 11 nitrogen and oxygen atoms in total. The molecule has 0 aliphatic heterocycles. The number of rotatable bonds is 14. The van der Waals surface area contributed by atoms with Crippen LogP contribution in [0.15, 0.2) is 23.0 Å². The number of nitrogens with zero attached hydrogens (tertiary/aromatic N) is 1. The Bertz CT molecular complexity index is 1280. The zero-order valence-electron chi connectivity index (χ0n) is 21.1. The maximum absolute atomic E-state index is 12.7. The first kappa shape index (κ1) is 27.9. The second-order valence-corrected chi connectivity index (χ2v) is 9.62. The second-order valence-electron chi connectivity index (χ2n) is 8.46. The molecule has 0 aromatic carbocycles. The van der Waals surface area contributed by atoms with E-state index in [1.54, 1.807) is 26.0 Å². The SMILES string of the molecule is CCOC(=O)CC[C@H](NC(=O)c1ccc(CCCCCc2cc3c(=O)[nH]c(N)nc3[nH]2)s1)C(=O)OCC. The van der Waals surface area contributed by atoms with Crippen LogP contribution in [-0.2, 0) is 31.9 Å². The maximum Gasteiger partial charge on any atom is 0.328 e. The minimum absolute atomic E-state index is 0.00681. The van der Waals surface area contributed by atoms with Gasteiger partial charge in [-0.05, 0) is 64.2 Å². The standard InChI is InChI=1S/C25H33N5O6S/c1-3-35-20(31)13-11-18(24(34)36-4-2)28-23(33)19-12-10-16(37-19)9-7-5-6-8-15-14-17-21(27-15)29-25(26)30-22(17)32/h10,12,14,18H,3-9,11,13H2,1-2H3,(H,28,33)(H4,26,27,29,30,32)/t18-/m0/s1. The maximum atomic E-state index is 12.7. The van der Waals surface area contributed by atoms with Crippen LogP contribution in [0.4, 0.5) is 5.95 Å². The van der Waals surface area contributed by atoms with Crippen molar-refractivity contribution in [3.05, 3.63) is 44.0 Å². The number of esters is 2. The average molecular weight is 532 g/mol. The van der Waals surface area contributed by atoms with Crippen molar-refractivity contribution < 1.29 is 23.9 Å². The number of carbonyl (C=O) groups excluding carboxylic acids is 3. The fourth-order valence-corrected chi connectivity index (χ4v) is 4.82. The van der Waals surface area contributed by atoms with Crippen molar-refractivity contribution in [1.29, 1.82) is 0 Å². The smallest absolute Gasteiger partial charge is 0.328 e. The summed E-state index contributed by atoms with van der Waals surface area (Å²) in [4.78, 5) is 59.9. The van der Waals surface area contributed by atoms with Gasteiger partial charge in [0, 0.05) is 17.0 Å². The van der Waals surface area contributed by atoms with Crippen LogP contribution >= 0.6 is 11.3 Å². The van der Waals surface area contributed by atoms with Gasteiger partial charge >= 0.3 is 11.9 Å². The molecule has 3 heterocycles. The van der Waals surface area contributed by atoms with Gasteiger partial charge in [0.15, 0.2) is 0 Å². The summed E-state index contributed by atoms with van der Waals surface area (Å²) in [6.45, 7) is 3.82. The molecule has 5 N–H and O–H groups in total. The molecule has 0 unspecified atom stereocenters. The lowest BCUT2D eigenvalue weighted by molar-refractivity contribution is -0.146. The number of H-pyrrole nitrogens is 2. The second kappa shape index (κ2) is 13.6. The molecule has 3 rings (SSSR count). The van der Waals surface area contributed by atoms with E-state index in [0.29, 0.717) is 15.9 Å². The van der Waals surface area contributed by atoms with E-state index in [9.17, 15) is 19.2 Å². The summed E-state index contributed by atoms with van der Waals surface area (Å²) in [5.41, 5.74) is 6.76. The highest BCUT2D eigenvalue weighted by molar-refractivity contribution is 7.14. The average Bonchev–Trinajstić information content (AvgIpc) is 3.49.